The maximum absolute atomic E-state index is 12.5. The third-order valence-electron chi connectivity index (χ3n) is 4.30. The molecule has 0 saturated carbocycles. The van der Waals surface area contributed by atoms with Crippen LogP contribution in [0.15, 0.2) is 54.6 Å². The number of nitrogens with zero attached hydrogens (tertiary/aromatic N) is 1. The highest BCUT2D eigenvalue weighted by Gasteiger charge is 2.35. The number of likely N-dealkylation sites (tertiary alicyclic amines) is 1. The summed E-state index contributed by atoms with van der Waals surface area (Å²) in [6.45, 7) is 4.92. The van der Waals surface area contributed by atoms with E-state index in [1.165, 1.54) is 0 Å². The van der Waals surface area contributed by atoms with Crippen molar-refractivity contribution < 1.29 is 19.4 Å². The highest BCUT2D eigenvalue weighted by Crippen LogP contribution is 2.21. The third kappa shape index (κ3) is 5.45. The number of carbonyl (C=O) groups is 1. The van der Waals surface area contributed by atoms with Crippen LogP contribution in [0.4, 0.5) is 10.5 Å². The number of hydrogen-bond donors (Lipinski definition) is 2. The molecule has 144 valence electrons. The predicted molar refractivity (Wildman–Crippen MR) is 104 cm³/mol. The van der Waals surface area contributed by atoms with Gasteiger partial charge in [0.1, 0.15) is 18.5 Å². The van der Waals surface area contributed by atoms with Crippen molar-refractivity contribution in [2.75, 3.05) is 18.4 Å². The number of anilines is 1. The summed E-state index contributed by atoms with van der Waals surface area (Å²) in [5.74, 6) is 0.680. The average Bonchev–Trinajstić information content (AvgIpc) is 3.01. The molecular formula is C21H26N2O4. The van der Waals surface area contributed by atoms with Gasteiger partial charge in [-0.3, -0.25) is 0 Å². The van der Waals surface area contributed by atoms with Gasteiger partial charge in [-0.05, 0) is 31.5 Å². The van der Waals surface area contributed by atoms with Crippen LogP contribution in [0.5, 0.6) is 5.75 Å². The molecule has 3 rings (SSSR count). The summed E-state index contributed by atoms with van der Waals surface area (Å²) in [7, 11) is 0. The van der Waals surface area contributed by atoms with Crippen molar-refractivity contribution in [1.82, 2.24) is 4.90 Å². The second-order valence-electron chi connectivity index (χ2n) is 6.93. The van der Waals surface area contributed by atoms with Crippen LogP contribution < -0.4 is 10.1 Å². The van der Waals surface area contributed by atoms with Crippen molar-refractivity contribution in [1.29, 1.82) is 0 Å². The van der Waals surface area contributed by atoms with Gasteiger partial charge in [-0.15, -0.1) is 0 Å². The number of carbonyl (C=O) groups excluding carboxylic acids is 1. The van der Waals surface area contributed by atoms with Crippen LogP contribution in [-0.4, -0.2) is 47.4 Å². The van der Waals surface area contributed by atoms with Crippen molar-refractivity contribution in [3.05, 3.63) is 60.2 Å². The van der Waals surface area contributed by atoms with Crippen LogP contribution in [0.1, 0.15) is 19.4 Å². The SMILES string of the molecule is CC(C)O[C@@H]1CN(C(=O)Nc2cccc(OCc3ccccc3)c2)C[C@H]1O. The molecule has 0 aliphatic carbocycles. The van der Waals surface area contributed by atoms with E-state index < -0.39 is 6.10 Å². The molecule has 0 spiro atoms. The van der Waals surface area contributed by atoms with E-state index in [1.54, 1.807) is 11.0 Å². The highest BCUT2D eigenvalue weighted by atomic mass is 16.5. The van der Waals surface area contributed by atoms with Gasteiger partial charge < -0.3 is 24.8 Å². The van der Waals surface area contributed by atoms with Crippen LogP contribution in [-0.2, 0) is 11.3 Å². The number of benzene rings is 2. The number of aliphatic hydroxyl groups is 1. The predicted octanol–water partition coefficient (Wildman–Crippen LogP) is 3.27. The molecule has 0 unspecified atom stereocenters. The van der Waals surface area contributed by atoms with E-state index in [0.29, 0.717) is 24.6 Å². The Balaban J connectivity index is 1.55. The number of hydrogen-bond acceptors (Lipinski definition) is 4. The zero-order chi connectivity index (χ0) is 19.2. The first kappa shape index (κ1) is 19.2. The molecule has 0 bridgehead atoms. The lowest BCUT2D eigenvalue weighted by Crippen LogP contribution is -2.34. The van der Waals surface area contributed by atoms with E-state index >= 15 is 0 Å². The largest absolute Gasteiger partial charge is 0.489 e. The summed E-state index contributed by atoms with van der Waals surface area (Å²) in [5, 5.41) is 12.9. The molecule has 1 saturated heterocycles. The van der Waals surface area contributed by atoms with Crippen molar-refractivity contribution in [3.63, 3.8) is 0 Å². The Morgan fingerprint density at radius 1 is 1.19 bits per heavy atom. The maximum atomic E-state index is 12.5. The zero-order valence-corrected chi connectivity index (χ0v) is 15.7. The van der Waals surface area contributed by atoms with E-state index in [1.807, 2.05) is 62.4 Å². The molecule has 2 aromatic rings. The lowest BCUT2D eigenvalue weighted by Gasteiger charge is -2.18. The van der Waals surface area contributed by atoms with Crippen LogP contribution >= 0.6 is 0 Å². The Morgan fingerprint density at radius 2 is 1.96 bits per heavy atom. The maximum Gasteiger partial charge on any atom is 0.322 e. The molecule has 2 amide bonds. The Hall–Kier alpha value is -2.57. The van der Waals surface area contributed by atoms with Gasteiger partial charge in [-0.1, -0.05) is 36.4 Å². The molecular weight excluding hydrogens is 344 g/mol. The molecule has 0 radical (unpaired) electrons. The topological polar surface area (TPSA) is 71.0 Å². The monoisotopic (exact) mass is 370 g/mol. The summed E-state index contributed by atoms with van der Waals surface area (Å²) >= 11 is 0. The van der Waals surface area contributed by atoms with E-state index in [9.17, 15) is 9.90 Å². The minimum atomic E-state index is -0.668. The Labute approximate surface area is 159 Å². The summed E-state index contributed by atoms with van der Waals surface area (Å²) in [4.78, 5) is 14.1. The van der Waals surface area contributed by atoms with Crippen LogP contribution in [0.2, 0.25) is 0 Å². The molecule has 1 aliphatic rings. The van der Waals surface area contributed by atoms with Crippen molar-refractivity contribution >= 4 is 11.7 Å². The zero-order valence-electron chi connectivity index (χ0n) is 15.7. The van der Waals surface area contributed by atoms with Crippen molar-refractivity contribution in [3.8, 4) is 5.75 Å². The fraction of sp³-hybridized carbons (Fsp3) is 0.381. The molecule has 2 N–H and O–H groups in total. The number of aliphatic hydroxyl groups excluding tert-OH is 1. The number of nitrogens with one attached hydrogen (secondary N) is 1. The number of ether oxygens (including phenoxy) is 2. The molecule has 6 heteroatoms. The standard InChI is InChI=1S/C21H26N2O4/c1-15(2)27-20-13-23(12-19(20)24)21(25)22-17-9-6-10-18(11-17)26-14-16-7-4-3-5-8-16/h3-11,15,19-20,24H,12-14H2,1-2H3,(H,22,25)/t19-,20-/m1/s1. The van der Waals surface area contributed by atoms with Crippen molar-refractivity contribution in [2.24, 2.45) is 0 Å². The summed E-state index contributed by atoms with van der Waals surface area (Å²) in [5.41, 5.74) is 1.72. The quantitative estimate of drug-likeness (QED) is 0.819. The van der Waals surface area contributed by atoms with Gasteiger partial charge in [0, 0.05) is 11.8 Å². The third-order valence-corrected chi connectivity index (χ3v) is 4.30. The molecule has 2 aromatic carbocycles. The first-order chi connectivity index (χ1) is 13.0. The van der Waals surface area contributed by atoms with E-state index in [4.69, 9.17) is 9.47 Å². The highest BCUT2D eigenvalue weighted by molar-refractivity contribution is 5.89. The second-order valence-corrected chi connectivity index (χ2v) is 6.93. The Kier molecular flexibility index (Phi) is 6.32. The average molecular weight is 370 g/mol. The number of β-amino-alcohol motifs (C(OH)–C–C–N with tert-alkyl or cyclic N) is 1. The van der Waals surface area contributed by atoms with E-state index in [2.05, 4.69) is 5.32 Å². The lowest BCUT2D eigenvalue weighted by molar-refractivity contribution is -0.0393. The van der Waals surface area contributed by atoms with Gasteiger partial charge in [0.25, 0.3) is 0 Å². The summed E-state index contributed by atoms with van der Waals surface area (Å²) in [6.07, 6.45) is -1.01. The molecule has 0 aromatic heterocycles. The minimum Gasteiger partial charge on any atom is -0.489 e. The van der Waals surface area contributed by atoms with Crippen LogP contribution in [0, 0.1) is 0 Å². The molecule has 2 atom stereocenters. The molecule has 1 heterocycles. The normalized spacial score (nSPS) is 19.3. The van der Waals surface area contributed by atoms with Crippen LogP contribution in [0.25, 0.3) is 0 Å². The minimum absolute atomic E-state index is 0.00565. The van der Waals surface area contributed by atoms with Crippen molar-refractivity contribution in [2.45, 2.75) is 38.8 Å². The van der Waals surface area contributed by atoms with Gasteiger partial charge in [-0.2, -0.15) is 0 Å². The fourth-order valence-corrected chi connectivity index (χ4v) is 3.01. The number of amides is 2. The van der Waals surface area contributed by atoms with Crippen LogP contribution in [0.3, 0.4) is 0 Å². The summed E-state index contributed by atoms with van der Waals surface area (Å²) < 4.78 is 11.4. The lowest BCUT2D eigenvalue weighted by atomic mass is 10.2. The van der Waals surface area contributed by atoms with Gasteiger partial charge in [-0.25, -0.2) is 4.79 Å². The Bertz CT molecular complexity index is 751. The summed E-state index contributed by atoms with van der Waals surface area (Å²) in [6, 6.07) is 16.9. The first-order valence-electron chi connectivity index (χ1n) is 9.17. The number of urea groups is 1. The first-order valence-corrected chi connectivity index (χ1v) is 9.17. The molecule has 1 aliphatic heterocycles. The second kappa shape index (κ2) is 8.88. The number of rotatable bonds is 6. The smallest absolute Gasteiger partial charge is 0.322 e. The molecule has 27 heavy (non-hydrogen) atoms. The van der Waals surface area contributed by atoms with Gasteiger partial charge in [0.2, 0.25) is 0 Å². The molecule has 6 nitrogen and oxygen atoms in total. The van der Waals surface area contributed by atoms with Gasteiger partial charge in [0.15, 0.2) is 0 Å². The Morgan fingerprint density at radius 3 is 2.70 bits per heavy atom. The molecule has 1 fully saturated rings. The van der Waals surface area contributed by atoms with E-state index in [0.717, 1.165) is 5.56 Å². The van der Waals surface area contributed by atoms with Gasteiger partial charge >= 0.3 is 6.03 Å². The van der Waals surface area contributed by atoms with E-state index in [-0.39, 0.29) is 24.8 Å². The fourth-order valence-electron chi connectivity index (χ4n) is 3.01. The van der Waals surface area contributed by atoms with Gasteiger partial charge in [0.05, 0.1) is 25.3 Å².